The molecule has 0 amide bonds. The van der Waals surface area contributed by atoms with E-state index in [1.54, 1.807) is 0 Å². The van der Waals surface area contributed by atoms with Crippen molar-refractivity contribution in [3.05, 3.63) is 0 Å². The van der Waals surface area contributed by atoms with Crippen LogP contribution < -0.4 is 5.32 Å². The third kappa shape index (κ3) is 9.26. The van der Waals surface area contributed by atoms with E-state index < -0.39 is 0 Å². The Morgan fingerprint density at radius 3 is 1.64 bits per heavy atom. The van der Waals surface area contributed by atoms with Gasteiger partial charge < -0.3 is 5.32 Å². The second-order valence-electron chi connectivity index (χ2n) is 7.82. The largest absolute Gasteiger partial charge is 0.320 e. The predicted molar refractivity (Wildman–Crippen MR) is 103 cm³/mol. The first-order valence-electron chi connectivity index (χ1n) is 9.59. The zero-order chi connectivity index (χ0) is 19.6. The summed E-state index contributed by atoms with van der Waals surface area (Å²) < 4.78 is 0. The molecule has 0 aromatic carbocycles. The summed E-state index contributed by atoms with van der Waals surface area (Å²) in [5.74, 6) is -0.0363. The molecule has 146 valence electrons. The van der Waals surface area contributed by atoms with E-state index in [0.29, 0.717) is 6.42 Å². The molecule has 0 radical (unpaired) electrons. The van der Waals surface area contributed by atoms with E-state index in [4.69, 9.17) is 0 Å². The summed E-state index contributed by atoms with van der Waals surface area (Å²) >= 11 is 0. The monoisotopic (exact) mass is 354 g/mol. The van der Waals surface area contributed by atoms with Crippen molar-refractivity contribution in [3.63, 3.8) is 0 Å². The van der Waals surface area contributed by atoms with Crippen LogP contribution in [0.4, 0.5) is 0 Å². The molecule has 25 heavy (non-hydrogen) atoms. The summed E-state index contributed by atoms with van der Waals surface area (Å²) in [6.07, 6.45) is 2.56. The number of ketones is 3. The molecule has 0 heterocycles. The summed E-state index contributed by atoms with van der Waals surface area (Å²) in [7, 11) is 1.91. The molecule has 1 atom stereocenters. The molecule has 0 aromatic heterocycles. The van der Waals surface area contributed by atoms with Crippen molar-refractivity contribution in [2.24, 2.45) is 17.8 Å². The standard InChI is InChI=1S/C20H38N2O3/c1-14(2)18(23)12-22(13-19(24)15(3)4)17(20(25)16(5)6)10-8-9-11-21-7/h14-17,21H,8-13H2,1-7H3. The Balaban J connectivity index is 5.34. The van der Waals surface area contributed by atoms with Gasteiger partial charge in [-0.25, -0.2) is 0 Å². The number of carbonyl (C=O) groups excluding carboxylic acids is 3. The van der Waals surface area contributed by atoms with Crippen molar-refractivity contribution in [2.75, 3.05) is 26.7 Å². The molecule has 1 unspecified atom stereocenters. The highest BCUT2D eigenvalue weighted by atomic mass is 16.1. The molecule has 0 aliphatic rings. The fourth-order valence-electron chi connectivity index (χ4n) is 2.57. The normalized spacial score (nSPS) is 13.1. The van der Waals surface area contributed by atoms with Gasteiger partial charge in [0.2, 0.25) is 0 Å². The Labute approximate surface area is 153 Å². The van der Waals surface area contributed by atoms with Gasteiger partial charge in [0.15, 0.2) is 5.78 Å². The molecule has 0 aromatic rings. The highest BCUT2D eigenvalue weighted by molar-refractivity contribution is 5.89. The van der Waals surface area contributed by atoms with Crippen molar-refractivity contribution >= 4 is 17.3 Å². The van der Waals surface area contributed by atoms with Gasteiger partial charge in [0.05, 0.1) is 19.1 Å². The molecule has 0 saturated carbocycles. The third-order valence-corrected chi connectivity index (χ3v) is 4.50. The van der Waals surface area contributed by atoms with E-state index in [1.165, 1.54) is 0 Å². The Hall–Kier alpha value is -1.07. The first-order valence-corrected chi connectivity index (χ1v) is 9.59. The van der Waals surface area contributed by atoms with Gasteiger partial charge in [-0.1, -0.05) is 48.0 Å². The fraction of sp³-hybridized carbons (Fsp3) is 0.850. The number of unbranched alkanes of at least 4 members (excludes halogenated alkanes) is 1. The minimum absolute atomic E-state index is 0.0772. The number of hydrogen-bond acceptors (Lipinski definition) is 5. The van der Waals surface area contributed by atoms with Gasteiger partial charge in [0.1, 0.15) is 11.6 Å². The average Bonchev–Trinajstić information content (AvgIpc) is 2.53. The van der Waals surface area contributed by atoms with Gasteiger partial charge in [0, 0.05) is 17.8 Å². The Morgan fingerprint density at radius 1 is 0.800 bits per heavy atom. The minimum Gasteiger partial charge on any atom is -0.320 e. The van der Waals surface area contributed by atoms with Gasteiger partial charge in [-0.05, 0) is 26.4 Å². The van der Waals surface area contributed by atoms with Crippen LogP contribution in [0.15, 0.2) is 0 Å². The highest BCUT2D eigenvalue weighted by Crippen LogP contribution is 2.16. The Kier molecular flexibility index (Phi) is 11.8. The molecule has 1 N–H and O–H groups in total. The molecular weight excluding hydrogens is 316 g/mol. The van der Waals surface area contributed by atoms with Crippen molar-refractivity contribution in [1.29, 1.82) is 0 Å². The quantitative estimate of drug-likeness (QED) is 0.486. The summed E-state index contributed by atoms with van der Waals surface area (Å²) in [4.78, 5) is 39.2. The SMILES string of the molecule is CNCCCCC(C(=O)C(C)C)N(CC(=O)C(C)C)CC(=O)C(C)C. The second-order valence-corrected chi connectivity index (χ2v) is 7.82. The fourth-order valence-corrected chi connectivity index (χ4v) is 2.57. The van der Waals surface area contributed by atoms with Gasteiger partial charge in [0.25, 0.3) is 0 Å². The predicted octanol–water partition coefficient (Wildman–Crippen LogP) is 2.72. The number of nitrogens with one attached hydrogen (secondary N) is 1. The summed E-state index contributed by atoms with van der Waals surface area (Å²) in [5, 5.41) is 3.11. The van der Waals surface area contributed by atoms with Gasteiger partial charge in [-0.3, -0.25) is 19.3 Å². The second kappa shape index (κ2) is 12.3. The molecule has 0 fully saturated rings. The minimum atomic E-state index is -0.359. The maximum atomic E-state index is 12.8. The van der Waals surface area contributed by atoms with E-state index >= 15 is 0 Å². The van der Waals surface area contributed by atoms with Crippen LogP contribution in [0.2, 0.25) is 0 Å². The first-order chi connectivity index (χ1) is 11.6. The van der Waals surface area contributed by atoms with Crippen molar-refractivity contribution < 1.29 is 14.4 Å². The van der Waals surface area contributed by atoms with Gasteiger partial charge >= 0.3 is 0 Å². The van der Waals surface area contributed by atoms with Crippen LogP contribution in [0.25, 0.3) is 0 Å². The van der Waals surface area contributed by atoms with Crippen molar-refractivity contribution in [3.8, 4) is 0 Å². The molecular formula is C20H38N2O3. The maximum absolute atomic E-state index is 12.8. The number of carbonyl (C=O) groups is 3. The highest BCUT2D eigenvalue weighted by Gasteiger charge is 2.30. The number of nitrogens with zero attached hydrogens (tertiary/aromatic N) is 1. The number of Topliss-reactive ketones (excluding diaryl/α,β-unsaturated/α-hetero) is 3. The molecule has 0 bridgehead atoms. The van der Waals surface area contributed by atoms with E-state index in [9.17, 15) is 14.4 Å². The Bertz CT molecular complexity index is 409. The molecule has 5 heteroatoms. The smallest absolute Gasteiger partial charge is 0.152 e. The number of rotatable bonds is 14. The molecule has 0 spiro atoms. The summed E-state index contributed by atoms with van der Waals surface area (Å²) in [6.45, 7) is 12.4. The molecule has 5 nitrogen and oxygen atoms in total. The molecule has 0 rings (SSSR count). The lowest BCUT2D eigenvalue weighted by molar-refractivity contribution is -0.132. The zero-order valence-corrected chi connectivity index (χ0v) is 17.2. The molecule has 0 aliphatic carbocycles. The zero-order valence-electron chi connectivity index (χ0n) is 17.2. The van der Waals surface area contributed by atoms with E-state index in [1.807, 2.05) is 53.5 Å². The number of hydrogen-bond donors (Lipinski definition) is 1. The van der Waals surface area contributed by atoms with Crippen molar-refractivity contribution in [1.82, 2.24) is 10.2 Å². The van der Waals surface area contributed by atoms with Gasteiger partial charge in [-0.15, -0.1) is 0 Å². The van der Waals surface area contributed by atoms with E-state index in [-0.39, 0.29) is 54.2 Å². The lowest BCUT2D eigenvalue weighted by Crippen LogP contribution is -2.49. The molecule has 0 saturated heterocycles. The van der Waals surface area contributed by atoms with Crippen LogP contribution in [0.3, 0.4) is 0 Å². The lowest BCUT2D eigenvalue weighted by atomic mass is 9.94. The van der Waals surface area contributed by atoms with Crippen LogP contribution in [-0.4, -0.2) is 55.0 Å². The first kappa shape index (κ1) is 23.9. The van der Waals surface area contributed by atoms with E-state index in [2.05, 4.69) is 5.32 Å². The summed E-state index contributed by atoms with van der Waals surface area (Å²) in [6, 6.07) is -0.359. The van der Waals surface area contributed by atoms with Crippen LogP contribution in [0, 0.1) is 17.8 Å². The van der Waals surface area contributed by atoms with E-state index in [0.717, 1.165) is 19.4 Å². The summed E-state index contributed by atoms with van der Waals surface area (Å²) in [5.41, 5.74) is 0. The van der Waals surface area contributed by atoms with Gasteiger partial charge in [-0.2, -0.15) is 0 Å². The third-order valence-electron chi connectivity index (χ3n) is 4.50. The molecule has 0 aliphatic heterocycles. The lowest BCUT2D eigenvalue weighted by Gasteiger charge is -2.32. The van der Waals surface area contributed by atoms with Crippen LogP contribution in [0.1, 0.15) is 60.8 Å². The average molecular weight is 355 g/mol. The van der Waals surface area contributed by atoms with Crippen LogP contribution in [0.5, 0.6) is 0 Å². The van der Waals surface area contributed by atoms with Crippen LogP contribution >= 0.6 is 0 Å². The van der Waals surface area contributed by atoms with Crippen molar-refractivity contribution in [2.45, 2.75) is 66.8 Å². The maximum Gasteiger partial charge on any atom is 0.152 e. The Morgan fingerprint density at radius 2 is 1.28 bits per heavy atom. The van der Waals surface area contributed by atoms with Crippen LogP contribution in [-0.2, 0) is 14.4 Å². The topological polar surface area (TPSA) is 66.5 Å².